The number of imidazole rings is 3. The van der Waals surface area contributed by atoms with Gasteiger partial charge in [0.1, 0.15) is 109 Å². The number of aliphatic hydroxyl groups is 1. The summed E-state index contributed by atoms with van der Waals surface area (Å²) in [6.45, 7) is 6.18. The number of benzene rings is 6. The molecule has 1 N–H and O–H groups in total. The molecule has 0 aliphatic carbocycles. The highest BCUT2D eigenvalue weighted by atomic mass is 16.5. The van der Waals surface area contributed by atoms with Gasteiger partial charge in [0.15, 0.2) is 37.2 Å². The smallest absolute Gasteiger partial charge is 0.307 e. The number of nitrogens with zero attached hydrogens (tertiary/aromatic N) is 18. The molecule has 0 spiro atoms. The fraction of sp³-hybridized carbons (Fsp3) is 0.379. The largest absolute Gasteiger partial charge is 0.550 e. The van der Waals surface area contributed by atoms with Crippen LogP contribution in [0.2, 0.25) is 0 Å². The van der Waals surface area contributed by atoms with Gasteiger partial charge in [-0.15, -0.1) is 28.1 Å². The molecule has 0 aliphatic rings. The van der Waals surface area contributed by atoms with Crippen LogP contribution in [0.5, 0.6) is 69.0 Å². The van der Waals surface area contributed by atoms with Crippen molar-refractivity contribution in [3.8, 4) is 69.0 Å². The number of aromatic nitrogens is 6. The van der Waals surface area contributed by atoms with E-state index in [1.165, 1.54) is 0 Å². The normalized spacial score (nSPS) is 11.2. The molecule has 6 aromatic carbocycles. The molecule has 37 nitrogen and oxygen atoms in total. The Hall–Kier alpha value is -14.3. The quantitative estimate of drug-likeness (QED) is 0.0409. The molecule has 0 aliphatic heterocycles. The summed E-state index contributed by atoms with van der Waals surface area (Å²) < 4.78 is 77.8. The standard InChI is InChI=1S/3C27H37N6O4.C6H8O7/c3*1-10-25-32(28-17-19-13-21(34-6)26(30(2)3)22(14-19)35-7)11-12-33(25)29-18-20-15-23(36-8)27(31(4)5)24(16-20)37-9;7-3(8)1-6(13,5(11)12)2-4(9)10/h3*11-18H,10H2,1-9H3;13H,1-2H2,(H,7,8)(H,9,10)(H,11,12)/q3*+1;/p-3. The average molecular weight is 1720 g/mol. The summed E-state index contributed by atoms with van der Waals surface area (Å²) >= 11 is 0. The van der Waals surface area contributed by atoms with Crippen LogP contribution in [-0.4, -0.2) is 250 Å². The Labute approximate surface area is 724 Å². The first-order chi connectivity index (χ1) is 59.1. The van der Waals surface area contributed by atoms with Crippen LogP contribution < -0.4 is 116 Å². The first-order valence-corrected chi connectivity index (χ1v) is 38.7. The summed E-state index contributed by atoms with van der Waals surface area (Å²) in [5, 5.41) is 66.9. The van der Waals surface area contributed by atoms with Crippen LogP contribution in [0.4, 0.5) is 34.1 Å². The zero-order chi connectivity index (χ0) is 92.0. The first kappa shape index (κ1) is 98.6. The topological polar surface area (TPSA) is 371 Å². The molecular weight excluding hydrogens is 1600 g/mol. The average Bonchev–Trinajstić information content (AvgIpc) is 1.23. The van der Waals surface area contributed by atoms with Crippen molar-refractivity contribution in [2.45, 2.75) is 58.5 Å². The molecule has 0 atom stereocenters. The highest BCUT2D eigenvalue weighted by Gasteiger charge is 2.30. The van der Waals surface area contributed by atoms with E-state index in [4.69, 9.17) is 61.9 Å². The van der Waals surface area contributed by atoms with Crippen LogP contribution in [0, 0.1) is 0 Å². The lowest BCUT2D eigenvalue weighted by Crippen LogP contribution is -2.54. The summed E-state index contributed by atoms with van der Waals surface area (Å²) in [4.78, 5) is 41.7. The Bertz CT molecular complexity index is 4370. The van der Waals surface area contributed by atoms with E-state index in [1.54, 1.807) is 151 Å². The van der Waals surface area contributed by atoms with Crippen molar-refractivity contribution in [1.82, 2.24) is 14.0 Å². The number of hydrogen-bond acceptors (Lipinski definition) is 31. The van der Waals surface area contributed by atoms with Crippen molar-refractivity contribution in [1.29, 1.82) is 0 Å². The number of carbonyl (C=O) groups is 3. The maximum absolute atomic E-state index is 10.1. The highest BCUT2D eigenvalue weighted by Crippen LogP contribution is 2.43. The number of methoxy groups -OCH3 is 12. The maximum Gasteiger partial charge on any atom is 0.307 e. The molecule has 3 heterocycles. The van der Waals surface area contributed by atoms with Crippen molar-refractivity contribution >= 4 is 89.3 Å². The first-order valence-electron chi connectivity index (χ1n) is 38.7. The molecule has 0 saturated heterocycles. The van der Waals surface area contributed by atoms with E-state index in [0.717, 1.165) is 104 Å². The number of hydrogen-bond donors (Lipinski definition) is 1. The molecule has 37 heteroatoms. The van der Waals surface area contributed by atoms with Gasteiger partial charge in [0.05, 0.1) is 148 Å². The second kappa shape index (κ2) is 46.5. The van der Waals surface area contributed by atoms with E-state index < -0.39 is 36.4 Å². The van der Waals surface area contributed by atoms with Gasteiger partial charge < -0.3 is 121 Å². The van der Waals surface area contributed by atoms with Crippen LogP contribution in [0.3, 0.4) is 0 Å². The Morgan fingerprint density at radius 2 is 0.484 bits per heavy atom. The highest BCUT2D eigenvalue weighted by molar-refractivity contribution is 5.90. The lowest BCUT2D eigenvalue weighted by atomic mass is 9.96. The summed E-state index contributed by atoms with van der Waals surface area (Å²) in [6.07, 6.45) is 21.3. The molecular formula is C87H116N18O19. The van der Waals surface area contributed by atoms with Gasteiger partial charge in [-0.25, -0.2) is 0 Å². The molecule has 0 amide bonds. The Morgan fingerprint density at radius 1 is 0.323 bits per heavy atom. The monoisotopic (exact) mass is 1720 g/mol. The minimum atomic E-state index is -2.97. The molecule has 0 saturated carbocycles. The number of carboxylic acid groups (broad SMARTS) is 3. The van der Waals surface area contributed by atoms with E-state index in [-0.39, 0.29) is 0 Å². The second-order valence-electron chi connectivity index (χ2n) is 28.2. The minimum absolute atomic E-state index is 0.708. The molecule has 0 radical (unpaired) electrons. The molecule has 9 rings (SSSR count). The van der Waals surface area contributed by atoms with Crippen molar-refractivity contribution in [3.63, 3.8) is 0 Å². The van der Waals surface area contributed by atoms with Gasteiger partial charge in [0.2, 0.25) is 0 Å². The van der Waals surface area contributed by atoms with Gasteiger partial charge in [0, 0.05) is 143 Å². The third-order valence-corrected chi connectivity index (χ3v) is 18.5. The van der Waals surface area contributed by atoms with Crippen molar-refractivity contribution in [2.24, 2.45) is 30.6 Å². The van der Waals surface area contributed by atoms with Crippen molar-refractivity contribution in [3.05, 3.63) is 161 Å². The number of aliphatic carboxylic acids is 3. The Kier molecular flexibility index (Phi) is 37.0. The summed E-state index contributed by atoms with van der Waals surface area (Å²) in [5.41, 5.74) is 7.37. The lowest BCUT2D eigenvalue weighted by Gasteiger charge is -2.29. The van der Waals surface area contributed by atoms with Crippen LogP contribution in [-0.2, 0) is 33.6 Å². The zero-order valence-electron chi connectivity index (χ0n) is 75.7. The van der Waals surface area contributed by atoms with Gasteiger partial charge >= 0.3 is 17.5 Å². The Balaban J connectivity index is 0.000000268. The van der Waals surface area contributed by atoms with Crippen molar-refractivity contribution < 1.29 is 106 Å². The summed E-state index contributed by atoms with van der Waals surface area (Å²) in [6, 6.07) is 23.2. The lowest BCUT2D eigenvalue weighted by molar-refractivity contribution is -0.685. The molecule has 124 heavy (non-hydrogen) atoms. The van der Waals surface area contributed by atoms with E-state index in [2.05, 4.69) is 51.4 Å². The molecule has 668 valence electrons. The van der Waals surface area contributed by atoms with Crippen molar-refractivity contribution in [2.75, 3.05) is 199 Å². The SMILES string of the molecule is CCc1n(N=Cc2cc(OC)c(N(C)C)c(OC)c2)cc[n+]1N=Cc1cc(OC)c(N(C)C)c(OC)c1.CCc1n(N=Cc2cc(OC)c(N(C)C)c(OC)c2)cc[n+]1N=Cc1cc(OC)c(N(C)C)c(OC)c1.CCc1n(N=Cc2cc(OC)c(N(C)C)c(OC)c2)cc[n+]1N=Cc1cc(OC)c(N(C)C)c(OC)c1.O=C([O-])CC(O)(CC(=O)[O-])C(=O)[O-]. The number of ether oxygens (including phenoxy) is 12. The number of carbonyl (C=O) groups excluding carboxylic acids is 3. The van der Waals surface area contributed by atoms with Crippen LogP contribution >= 0.6 is 0 Å². The zero-order valence-corrected chi connectivity index (χ0v) is 75.7. The summed E-state index contributed by atoms with van der Waals surface area (Å²) in [5.74, 6) is 5.22. The second-order valence-corrected chi connectivity index (χ2v) is 28.2. The van der Waals surface area contributed by atoms with Gasteiger partial charge in [-0.1, -0.05) is 51.4 Å². The summed E-state index contributed by atoms with van der Waals surface area (Å²) in [7, 11) is 43.1. The van der Waals surface area contributed by atoms with Gasteiger partial charge in [-0.05, 0) is 72.8 Å². The fourth-order valence-electron chi connectivity index (χ4n) is 12.8. The molecule has 0 fully saturated rings. The van der Waals surface area contributed by atoms with Gasteiger partial charge in [-0.3, -0.25) is 0 Å². The third-order valence-electron chi connectivity index (χ3n) is 18.5. The molecule has 3 aromatic heterocycles. The van der Waals surface area contributed by atoms with E-state index in [1.807, 2.05) is 224 Å². The maximum atomic E-state index is 10.1. The fourth-order valence-corrected chi connectivity index (χ4v) is 12.8. The van der Waals surface area contributed by atoms with E-state index >= 15 is 0 Å². The van der Waals surface area contributed by atoms with E-state index in [9.17, 15) is 29.7 Å². The molecule has 9 aromatic rings. The predicted octanol–water partition coefficient (Wildman–Crippen LogP) is 4.55. The molecule has 0 unspecified atom stereocenters. The van der Waals surface area contributed by atoms with Gasteiger partial charge in [-0.2, -0.15) is 0 Å². The number of rotatable bonds is 38. The molecule has 0 bridgehead atoms. The van der Waals surface area contributed by atoms with E-state index in [0.29, 0.717) is 69.0 Å². The minimum Gasteiger partial charge on any atom is -0.550 e. The van der Waals surface area contributed by atoms with Crippen LogP contribution in [0.25, 0.3) is 0 Å². The van der Waals surface area contributed by atoms with Crippen LogP contribution in [0.15, 0.2) is 141 Å². The van der Waals surface area contributed by atoms with Gasteiger partial charge in [0.25, 0.3) is 0 Å². The number of carboxylic acids is 3. The third kappa shape index (κ3) is 25.2. The van der Waals surface area contributed by atoms with Crippen LogP contribution in [0.1, 0.15) is 84.5 Å². The number of anilines is 6. The Morgan fingerprint density at radius 3 is 0.613 bits per heavy atom. The predicted molar refractivity (Wildman–Crippen MR) is 472 cm³/mol.